The van der Waals surface area contributed by atoms with Crippen molar-refractivity contribution in [2.45, 2.75) is 38.6 Å². The third-order valence-corrected chi connectivity index (χ3v) is 4.54. The van der Waals surface area contributed by atoms with Crippen molar-refractivity contribution in [2.75, 3.05) is 0 Å². The third-order valence-electron chi connectivity index (χ3n) is 4.54. The van der Waals surface area contributed by atoms with Crippen molar-refractivity contribution in [3.63, 3.8) is 0 Å². The molecular formula is C20H25N. The zero-order chi connectivity index (χ0) is 14.8. The Labute approximate surface area is 128 Å². The van der Waals surface area contributed by atoms with E-state index in [-0.39, 0.29) is 6.04 Å². The molecule has 3 atom stereocenters. The fourth-order valence-corrected chi connectivity index (χ4v) is 3.29. The Hall–Kier alpha value is -1.60. The smallest absolute Gasteiger partial charge is 0.0329 e. The largest absolute Gasteiger partial charge is 0.324 e. The first-order chi connectivity index (χ1) is 10.1. The number of nitrogens with two attached hydrogens (primary N) is 1. The summed E-state index contributed by atoms with van der Waals surface area (Å²) in [5, 5.41) is 0. The van der Waals surface area contributed by atoms with E-state index in [4.69, 9.17) is 5.73 Å². The molecule has 0 aliphatic heterocycles. The lowest BCUT2D eigenvalue weighted by Crippen LogP contribution is -2.13. The molecule has 0 radical (unpaired) electrons. The van der Waals surface area contributed by atoms with Crippen LogP contribution in [0.5, 0.6) is 0 Å². The Morgan fingerprint density at radius 3 is 2.29 bits per heavy atom. The first-order valence-electron chi connectivity index (χ1n) is 8.04. The fraction of sp³-hybridized carbons (Fsp3) is 0.400. The van der Waals surface area contributed by atoms with E-state index < -0.39 is 0 Å². The van der Waals surface area contributed by atoms with Gasteiger partial charge in [0.1, 0.15) is 0 Å². The molecule has 1 aliphatic rings. The normalized spacial score (nSPS) is 22.3. The topological polar surface area (TPSA) is 26.0 Å². The molecule has 2 aromatic carbocycles. The molecule has 1 fully saturated rings. The maximum absolute atomic E-state index is 6.48. The van der Waals surface area contributed by atoms with Crippen LogP contribution in [-0.2, 0) is 6.42 Å². The van der Waals surface area contributed by atoms with E-state index in [9.17, 15) is 0 Å². The minimum absolute atomic E-state index is 0.170. The molecule has 0 amide bonds. The van der Waals surface area contributed by atoms with E-state index in [1.165, 1.54) is 23.1 Å². The van der Waals surface area contributed by atoms with Gasteiger partial charge in [0.15, 0.2) is 0 Å². The van der Waals surface area contributed by atoms with Gasteiger partial charge in [0.05, 0.1) is 0 Å². The molecule has 0 spiro atoms. The number of benzene rings is 2. The van der Waals surface area contributed by atoms with Gasteiger partial charge in [-0.05, 0) is 47.3 Å². The summed E-state index contributed by atoms with van der Waals surface area (Å²) in [6.45, 7) is 4.52. The first kappa shape index (κ1) is 14.3. The molecule has 110 valence electrons. The van der Waals surface area contributed by atoms with Gasteiger partial charge in [-0.3, -0.25) is 0 Å². The average Bonchev–Trinajstić information content (AvgIpc) is 3.28. The lowest BCUT2D eigenvalue weighted by molar-refractivity contribution is 0.614. The van der Waals surface area contributed by atoms with Gasteiger partial charge in [0, 0.05) is 6.04 Å². The molecule has 0 aromatic heterocycles. The maximum Gasteiger partial charge on any atom is 0.0329 e. The molecule has 1 saturated carbocycles. The molecule has 1 aliphatic carbocycles. The van der Waals surface area contributed by atoms with Gasteiger partial charge < -0.3 is 5.73 Å². The Bertz CT molecular complexity index is 571. The summed E-state index contributed by atoms with van der Waals surface area (Å²) < 4.78 is 0. The highest BCUT2D eigenvalue weighted by atomic mass is 14.7. The molecule has 3 unspecified atom stereocenters. The van der Waals surface area contributed by atoms with Crippen molar-refractivity contribution in [2.24, 2.45) is 17.6 Å². The summed E-state index contributed by atoms with van der Waals surface area (Å²) >= 11 is 0. The third kappa shape index (κ3) is 3.36. The van der Waals surface area contributed by atoms with Crippen molar-refractivity contribution in [1.82, 2.24) is 0 Å². The van der Waals surface area contributed by atoms with Crippen LogP contribution in [0, 0.1) is 11.8 Å². The summed E-state index contributed by atoms with van der Waals surface area (Å²) in [6, 6.07) is 19.9. The minimum Gasteiger partial charge on any atom is -0.324 e. The van der Waals surface area contributed by atoms with E-state index in [1.54, 1.807) is 0 Å². The van der Waals surface area contributed by atoms with E-state index in [2.05, 4.69) is 68.4 Å². The van der Waals surface area contributed by atoms with Crippen LogP contribution in [0.4, 0.5) is 0 Å². The van der Waals surface area contributed by atoms with Crippen molar-refractivity contribution in [3.8, 4) is 0 Å². The number of rotatable bonds is 5. The zero-order valence-corrected chi connectivity index (χ0v) is 13.0. The highest BCUT2D eigenvalue weighted by Gasteiger charge is 2.42. The summed E-state index contributed by atoms with van der Waals surface area (Å²) in [5.74, 6) is 1.95. The van der Waals surface area contributed by atoms with Crippen LogP contribution in [-0.4, -0.2) is 0 Å². The van der Waals surface area contributed by atoms with Gasteiger partial charge >= 0.3 is 0 Å². The van der Waals surface area contributed by atoms with E-state index in [0.717, 1.165) is 6.42 Å². The van der Waals surface area contributed by atoms with E-state index in [0.29, 0.717) is 17.8 Å². The minimum atomic E-state index is 0.170. The Balaban J connectivity index is 1.65. The van der Waals surface area contributed by atoms with Gasteiger partial charge in [-0.1, -0.05) is 68.4 Å². The maximum atomic E-state index is 6.48. The van der Waals surface area contributed by atoms with Crippen LogP contribution in [0.15, 0.2) is 54.6 Å². The summed E-state index contributed by atoms with van der Waals surface area (Å²) in [6.07, 6.45) is 2.37. The van der Waals surface area contributed by atoms with Crippen molar-refractivity contribution < 1.29 is 0 Å². The second kappa shape index (κ2) is 6.03. The van der Waals surface area contributed by atoms with Crippen LogP contribution < -0.4 is 5.73 Å². The molecule has 0 heterocycles. The van der Waals surface area contributed by atoms with Gasteiger partial charge in [-0.25, -0.2) is 0 Å². The second-order valence-electron chi connectivity index (χ2n) is 6.78. The quantitative estimate of drug-likeness (QED) is 0.844. The SMILES string of the molecule is CC(C)Cc1ccc(C(N)C2CC2c2ccccc2)cc1. The molecule has 1 heteroatoms. The van der Waals surface area contributed by atoms with Gasteiger partial charge in [-0.2, -0.15) is 0 Å². The summed E-state index contributed by atoms with van der Waals surface area (Å²) in [5.41, 5.74) is 10.6. The molecular weight excluding hydrogens is 254 g/mol. The lowest BCUT2D eigenvalue weighted by atomic mass is 9.96. The monoisotopic (exact) mass is 279 g/mol. The molecule has 21 heavy (non-hydrogen) atoms. The zero-order valence-electron chi connectivity index (χ0n) is 13.0. The van der Waals surface area contributed by atoms with Crippen LogP contribution in [0.2, 0.25) is 0 Å². The Kier molecular flexibility index (Phi) is 4.12. The molecule has 3 rings (SSSR count). The standard InChI is InChI=1S/C20H25N/c1-14(2)12-15-8-10-17(11-9-15)20(21)19-13-18(19)16-6-4-3-5-7-16/h3-11,14,18-20H,12-13,21H2,1-2H3. The molecule has 0 bridgehead atoms. The average molecular weight is 279 g/mol. The molecule has 1 nitrogen and oxygen atoms in total. The predicted octanol–water partition coefficient (Wildman–Crippen LogP) is 4.69. The number of hydrogen-bond acceptors (Lipinski definition) is 1. The molecule has 2 N–H and O–H groups in total. The van der Waals surface area contributed by atoms with Gasteiger partial charge in [0.25, 0.3) is 0 Å². The Morgan fingerprint density at radius 2 is 1.67 bits per heavy atom. The summed E-state index contributed by atoms with van der Waals surface area (Å²) in [7, 11) is 0. The highest BCUT2D eigenvalue weighted by molar-refractivity contribution is 5.31. The van der Waals surface area contributed by atoms with Crippen LogP contribution >= 0.6 is 0 Å². The predicted molar refractivity (Wildman–Crippen MR) is 89.2 cm³/mol. The second-order valence-corrected chi connectivity index (χ2v) is 6.78. The van der Waals surface area contributed by atoms with Crippen molar-refractivity contribution in [3.05, 3.63) is 71.3 Å². The number of hydrogen-bond donors (Lipinski definition) is 1. The van der Waals surface area contributed by atoms with Crippen LogP contribution in [0.1, 0.15) is 48.9 Å². The van der Waals surface area contributed by atoms with Crippen LogP contribution in [0.25, 0.3) is 0 Å². The van der Waals surface area contributed by atoms with Gasteiger partial charge in [0.2, 0.25) is 0 Å². The summed E-state index contributed by atoms with van der Waals surface area (Å²) in [4.78, 5) is 0. The van der Waals surface area contributed by atoms with E-state index >= 15 is 0 Å². The van der Waals surface area contributed by atoms with Crippen molar-refractivity contribution in [1.29, 1.82) is 0 Å². The van der Waals surface area contributed by atoms with E-state index in [1.807, 2.05) is 0 Å². The molecule has 0 saturated heterocycles. The van der Waals surface area contributed by atoms with Crippen LogP contribution in [0.3, 0.4) is 0 Å². The lowest BCUT2D eigenvalue weighted by Gasteiger charge is -2.13. The van der Waals surface area contributed by atoms with Crippen molar-refractivity contribution >= 4 is 0 Å². The first-order valence-corrected chi connectivity index (χ1v) is 8.04. The Morgan fingerprint density at radius 1 is 1.00 bits per heavy atom. The molecule has 2 aromatic rings. The fourth-order valence-electron chi connectivity index (χ4n) is 3.29. The highest BCUT2D eigenvalue weighted by Crippen LogP contribution is 2.53. The van der Waals surface area contributed by atoms with Gasteiger partial charge in [-0.15, -0.1) is 0 Å².